The molecule has 0 saturated carbocycles. The van der Waals surface area contributed by atoms with Crippen LogP contribution in [0.15, 0.2) is 0 Å². The molecule has 32 heavy (non-hydrogen) atoms. The first kappa shape index (κ1) is 24.8. The molecule has 0 radical (unpaired) electrons. The maximum atomic E-state index is 12.9. The van der Waals surface area contributed by atoms with Gasteiger partial charge in [0.1, 0.15) is 5.60 Å². The van der Waals surface area contributed by atoms with E-state index in [1.807, 2.05) is 44.4 Å². The molecule has 3 heterocycles. The Morgan fingerprint density at radius 3 is 1.91 bits per heavy atom. The summed E-state index contributed by atoms with van der Waals surface area (Å²) in [5, 5.41) is 0. The van der Waals surface area contributed by atoms with E-state index in [0.29, 0.717) is 51.6 Å². The Balaban J connectivity index is 1.39. The van der Waals surface area contributed by atoms with Gasteiger partial charge in [0.05, 0.1) is 12.2 Å². The molecule has 0 aromatic carbocycles. The van der Waals surface area contributed by atoms with E-state index in [2.05, 4.69) is 0 Å². The Hall–Kier alpha value is -1.83. The van der Waals surface area contributed by atoms with E-state index in [1.165, 1.54) is 0 Å². The second-order valence-corrected chi connectivity index (χ2v) is 10.8. The second-order valence-electron chi connectivity index (χ2n) is 10.8. The zero-order valence-electron chi connectivity index (χ0n) is 20.5. The number of hydrogen-bond donors (Lipinski definition) is 0. The number of morpholine rings is 1. The summed E-state index contributed by atoms with van der Waals surface area (Å²) in [4.78, 5) is 43.6. The minimum atomic E-state index is -0.490. The van der Waals surface area contributed by atoms with Crippen LogP contribution in [-0.2, 0) is 19.1 Å². The van der Waals surface area contributed by atoms with Gasteiger partial charge in [-0.1, -0.05) is 0 Å². The zero-order chi connectivity index (χ0) is 23.5. The largest absolute Gasteiger partial charge is 0.444 e. The molecule has 0 spiro atoms. The predicted molar refractivity (Wildman–Crippen MR) is 121 cm³/mol. The van der Waals surface area contributed by atoms with Gasteiger partial charge >= 0.3 is 6.09 Å². The molecule has 8 nitrogen and oxygen atoms in total. The molecule has 182 valence electrons. The summed E-state index contributed by atoms with van der Waals surface area (Å²) in [7, 11) is 0. The maximum Gasteiger partial charge on any atom is 0.410 e. The molecule has 2 atom stereocenters. The molecular weight excluding hydrogens is 410 g/mol. The van der Waals surface area contributed by atoms with E-state index in [4.69, 9.17) is 9.47 Å². The van der Waals surface area contributed by atoms with E-state index >= 15 is 0 Å². The Morgan fingerprint density at radius 1 is 0.844 bits per heavy atom. The summed E-state index contributed by atoms with van der Waals surface area (Å²) >= 11 is 0. The molecule has 3 rings (SSSR count). The molecule has 0 aromatic heterocycles. The Kier molecular flexibility index (Phi) is 8.06. The van der Waals surface area contributed by atoms with Crippen molar-refractivity contribution >= 4 is 17.9 Å². The highest BCUT2D eigenvalue weighted by molar-refractivity contribution is 5.80. The molecule has 0 aromatic rings. The first-order chi connectivity index (χ1) is 15.0. The molecule has 0 N–H and O–H groups in total. The Morgan fingerprint density at radius 2 is 1.38 bits per heavy atom. The average molecular weight is 452 g/mol. The third kappa shape index (κ3) is 6.83. The van der Waals surface area contributed by atoms with Crippen LogP contribution in [0.2, 0.25) is 0 Å². The van der Waals surface area contributed by atoms with Gasteiger partial charge in [-0.2, -0.15) is 0 Å². The molecule has 0 bridgehead atoms. The Labute approximate surface area is 192 Å². The van der Waals surface area contributed by atoms with Crippen molar-refractivity contribution < 1.29 is 23.9 Å². The molecular formula is C24H41N3O5. The van der Waals surface area contributed by atoms with Crippen LogP contribution in [0.4, 0.5) is 4.79 Å². The van der Waals surface area contributed by atoms with Crippen LogP contribution in [0, 0.1) is 11.8 Å². The van der Waals surface area contributed by atoms with E-state index in [1.54, 1.807) is 4.90 Å². The van der Waals surface area contributed by atoms with Gasteiger partial charge in [0.15, 0.2) is 0 Å². The maximum absolute atomic E-state index is 12.9. The standard InChI is InChI=1S/C24H41N3O5/c1-17-15-27(16-18(2)31-17)22(29)20-8-12-25(13-9-20)21(28)14-19-6-10-26(11-7-19)23(30)32-24(3,4)5/h17-20H,6-16H2,1-5H3/t17-,18-/m0/s1. The molecule has 0 unspecified atom stereocenters. The summed E-state index contributed by atoms with van der Waals surface area (Å²) in [5.74, 6) is 0.708. The van der Waals surface area contributed by atoms with Crippen molar-refractivity contribution in [3.05, 3.63) is 0 Å². The zero-order valence-corrected chi connectivity index (χ0v) is 20.5. The molecule has 8 heteroatoms. The van der Waals surface area contributed by atoms with Crippen molar-refractivity contribution in [3.8, 4) is 0 Å². The van der Waals surface area contributed by atoms with Crippen molar-refractivity contribution in [2.45, 2.75) is 84.5 Å². The topological polar surface area (TPSA) is 79.4 Å². The van der Waals surface area contributed by atoms with Gasteiger partial charge in [0, 0.05) is 51.6 Å². The molecule has 0 aliphatic carbocycles. The number of nitrogens with zero attached hydrogens (tertiary/aromatic N) is 3. The molecule has 3 aliphatic rings. The summed E-state index contributed by atoms with van der Waals surface area (Å²) in [6.45, 7) is 13.5. The fourth-order valence-corrected chi connectivity index (χ4v) is 5.01. The first-order valence-electron chi connectivity index (χ1n) is 12.2. The lowest BCUT2D eigenvalue weighted by Crippen LogP contribution is -2.52. The molecule has 3 fully saturated rings. The van der Waals surface area contributed by atoms with Gasteiger partial charge in [-0.3, -0.25) is 9.59 Å². The smallest absolute Gasteiger partial charge is 0.410 e. The van der Waals surface area contributed by atoms with Crippen LogP contribution in [0.1, 0.15) is 66.7 Å². The molecule has 3 aliphatic heterocycles. The van der Waals surface area contributed by atoms with E-state index in [9.17, 15) is 14.4 Å². The summed E-state index contributed by atoms with van der Waals surface area (Å²) in [5.41, 5.74) is -0.490. The highest BCUT2D eigenvalue weighted by Crippen LogP contribution is 2.26. The number of amides is 3. The van der Waals surface area contributed by atoms with Crippen molar-refractivity contribution in [2.24, 2.45) is 11.8 Å². The first-order valence-corrected chi connectivity index (χ1v) is 12.2. The predicted octanol–water partition coefficient (Wildman–Crippen LogP) is 2.90. The third-order valence-electron chi connectivity index (χ3n) is 6.66. The van der Waals surface area contributed by atoms with Gasteiger partial charge in [0.2, 0.25) is 11.8 Å². The number of ether oxygens (including phenoxy) is 2. The number of piperidine rings is 2. The number of hydrogen-bond acceptors (Lipinski definition) is 5. The van der Waals surface area contributed by atoms with Crippen LogP contribution in [-0.4, -0.2) is 89.7 Å². The highest BCUT2D eigenvalue weighted by Gasteiger charge is 2.34. The number of rotatable bonds is 3. The SMILES string of the molecule is C[C@H]1CN(C(=O)C2CCN(C(=O)CC3CCN(C(=O)OC(C)(C)C)CC3)CC2)C[C@H](C)O1. The lowest BCUT2D eigenvalue weighted by molar-refractivity contribution is -0.150. The molecule has 3 amide bonds. The van der Waals surface area contributed by atoms with Gasteiger partial charge in [-0.05, 0) is 66.2 Å². The van der Waals surface area contributed by atoms with Crippen molar-refractivity contribution in [1.82, 2.24) is 14.7 Å². The van der Waals surface area contributed by atoms with E-state index in [-0.39, 0.29) is 36.0 Å². The van der Waals surface area contributed by atoms with Crippen LogP contribution in [0.5, 0.6) is 0 Å². The summed E-state index contributed by atoms with van der Waals surface area (Å²) in [6.07, 6.45) is 3.54. The fourth-order valence-electron chi connectivity index (χ4n) is 5.01. The summed E-state index contributed by atoms with van der Waals surface area (Å²) < 4.78 is 11.2. The van der Waals surface area contributed by atoms with Gasteiger partial charge in [-0.15, -0.1) is 0 Å². The van der Waals surface area contributed by atoms with Gasteiger partial charge in [-0.25, -0.2) is 4.79 Å². The van der Waals surface area contributed by atoms with Crippen LogP contribution < -0.4 is 0 Å². The van der Waals surface area contributed by atoms with Crippen molar-refractivity contribution in [3.63, 3.8) is 0 Å². The summed E-state index contributed by atoms with van der Waals surface area (Å²) in [6, 6.07) is 0. The van der Waals surface area contributed by atoms with Crippen LogP contribution >= 0.6 is 0 Å². The highest BCUT2D eigenvalue weighted by atomic mass is 16.6. The van der Waals surface area contributed by atoms with E-state index < -0.39 is 5.60 Å². The Bertz CT molecular complexity index is 666. The lowest BCUT2D eigenvalue weighted by atomic mass is 9.91. The minimum Gasteiger partial charge on any atom is -0.444 e. The van der Waals surface area contributed by atoms with E-state index in [0.717, 1.165) is 25.7 Å². The average Bonchev–Trinajstić information content (AvgIpc) is 2.72. The minimum absolute atomic E-state index is 0.00798. The lowest BCUT2D eigenvalue weighted by Gasteiger charge is -2.39. The normalized spacial score (nSPS) is 26.2. The quantitative estimate of drug-likeness (QED) is 0.659. The van der Waals surface area contributed by atoms with Gasteiger partial charge < -0.3 is 24.2 Å². The van der Waals surface area contributed by atoms with Crippen LogP contribution in [0.3, 0.4) is 0 Å². The van der Waals surface area contributed by atoms with Gasteiger partial charge in [0.25, 0.3) is 0 Å². The molecule has 3 saturated heterocycles. The fraction of sp³-hybridized carbons (Fsp3) is 0.875. The van der Waals surface area contributed by atoms with Crippen molar-refractivity contribution in [2.75, 3.05) is 39.3 Å². The number of carbonyl (C=O) groups excluding carboxylic acids is 3. The van der Waals surface area contributed by atoms with Crippen LogP contribution in [0.25, 0.3) is 0 Å². The number of likely N-dealkylation sites (tertiary alicyclic amines) is 2. The monoisotopic (exact) mass is 451 g/mol. The third-order valence-corrected chi connectivity index (χ3v) is 6.66. The second kappa shape index (κ2) is 10.4. The van der Waals surface area contributed by atoms with Crippen molar-refractivity contribution in [1.29, 1.82) is 0 Å². The number of carbonyl (C=O) groups is 3.